The minimum Gasteiger partial charge on any atom is -0.466 e. The van der Waals surface area contributed by atoms with Crippen molar-refractivity contribution in [2.75, 3.05) is 18.5 Å². The molecule has 0 aliphatic heterocycles. The summed E-state index contributed by atoms with van der Waals surface area (Å²) in [5.41, 5.74) is -0.751. The van der Waals surface area contributed by atoms with Gasteiger partial charge in [0.05, 0.1) is 29.8 Å². The van der Waals surface area contributed by atoms with Crippen LogP contribution in [-0.4, -0.2) is 19.1 Å². The Morgan fingerprint density at radius 2 is 2.15 bits per heavy atom. The molecule has 0 aliphatic carbocycles. The monoisotopic (exact) mass is 286 g/mol. The van der Waals surface area contributed by atoms with Crippen LogP contribution in [0.3, 0.4) is 0 Å². The summed E-state index contributed by atoms with van der Waals surface area (Å²) in [6.45, 7) is 2.12. The number of alkyl halides is 3. The number of hydrogen-bond donors (Lipinski definition) is 1. The quantitative estimate of drug-likeness (QED) is 0.845. The van der Waals surface area contributed by atoms with E-state index in [1.165, 1.54) is 6.07 Å². The Hall–Kier alpha value is -2.23. The van der Waals surface area contributed by atoms with E-state index in [0.29, 0.717) is 0 Å². The second-order valence-electron chi connectivity index (χ2n) is 3.85. The van der Waals surface area contributed by atoms with Gasteiger partial charge in [-0.3, -0.25) is 4.79 Å². The van der Waals surface area contributed by atoms with E-state index in [4.69, 9.17) is 10.00 Å². The van der Waals surface area contributed by atoms with E-state index in [-0.39, 0.29) is 30.8 Å². The molecule has 0 saturated carbocycles. The lowest BCUT2D eigenvalue weighted by Gasteiger charge is -2.11. The second-order valence-corrected chi connectivity index (χ2v) is 3.85. The molecule has 108 valence electrons. The van der Waals surface area contributed by atoms with Crippen LogP contribution >= 0.6 is 0 Å². The van der Waals surface area contributed by atoms with Crippen LogP contribution in [0.4, 0.5) is 18.9 Å². The third-order valence-electron chi connectivity index (χ3n) is 2.42. The van der Waals surface area contributed by atoms with Gasteiger partial charge in [-0.05, 0) is 25.1 Å². The molecule has 0 saturated heterocycles. The predicted octanol–water partition coefficient (Wildman–Crippen LogP) is 2.94. The van der Waals surface area contributed by atoms with Crippen LogP contribution in [0.25, 0.3) is 0 Å². The topological polar surface area (TPSA) is 62.1 Å². The number of carbonyl (C=O) groups is 1. The van der Waals surface area contributed by atoms with Crippen molar-refractivity contribution in [1.29, 1.82) is 5.26 Å². The smallest absolute Gasteiger partial charge is 0.416 e. The summed E-state index contributed by atoms with van der Waals surface area (Å²) in [5.74, 6) is -0.412. The molecule has 0 heterocycles. The molecule has 0 bridgehead atoms. The number of halogens is 3. The molecule has 1 rings (SSSR count). The van der Waals surface area contributed by atoms with E-state index in [1.54, 1.807) is 13.0 Å². The van der Waals surface area contributed by atoms with Gasteiger partial charge >= 0.3 is 12.1 Å². The Kier molecular flexibility index (Phi) is 5.38. The number of nitriles is 1. The summed E-state index contributed by atoms with van der Waals surface area (Å²) < 4.78 is 42.2. The molecule has 1 aromatic rings. The van der Waals surface area contributed by atoms with Crippen LogP contribution in [0.5, 0.6) is 0 Å². The maximum absolute atomic E-state index is 12.5. The molecule has 1 N–H and O–H groups in total. The number of hydrogen-bond acceptors (Lipinski definition) is 4. The summed E-state index contributed by atoms with van der Waals surface area (Å²) in [6.07, 6.45) is -4.42. The first-order valence-corrected chi connectivity index (χ1v) is 5.89. The first kappa shape index (κ1) is 15.8. The highest BCUT2D eigenvalue weighted by atomic mass is 19.4. The van der Waals surface area contributed by atoms with Crippen molar-refractivity contribution in [1.82, 2.24) is 0 Å². The number of nitrogens with zero attached hydrogens (tertiary/aromatic N) is 1. The van der Waals surface area contributed by atoms with E-state index >= 15 is 0 Å². The fourth-order valence-electron chi connectivity index (χ4n) is 1.50. The van der Waals surface area contributed by atoms with E-state index in [2.05, 4.69) is 5.32 Å². The predicted molar refractivity (Wildman–Crippen MR) is 65.9 cm³/mol. The van der Waals surface area contributed by atoms with Gasteiger partial charge < -0.3 is 10.1 Å². The number of rotatable bonds is 5. The number of benzene rings is 1. The fourth-order valence-corrected chi connectivity index (χ4v) is 1.50. The van der Waals surface area contributed by atoms with Crippen LogP contribution in [-0.2, 0) is 15.7 Å². The van der Waals surface area contributed by atoms with Gasteiger partial charge in [0.25, 0.3) is 0 Å². The van der Waals surface area contributed by atoms with Gasteiger partial charge in [-0.15, -0.1) is 0 Å². The number of ether oxygens (including phenoxy) is 1. The van der Waals surface area contributed by atoms with Gasteiger partial charge in [-0.1, -0.05) is 0 Å². The van der Waals surface area contributed by atoms with Gasteiger partial charge in [-0.25, -0.2) is 0 Å². The Morgan fingerprint density at radius 1 is 1.45 bits per heavy atom. The average molecular weight is 286 g/mol. The van der Waals surface area contributed by atoms with E-state index in [1.807, 2.05) is 0 Å². The van der Waals surface area contributed by atoms with Crippen molar-refractivity contribution >= 4 is 11.7 Å². The minimum atomic E-state index is -4.49. The molecule has 1 aromatic carbocycles. The van der Waals surface area contributed by atoms with E-state index in [9.17, 15) is 18.0 Å². The fraction of sp³-hybridized carbons (Fsp3) is 0.385. The highest BCUT2D eigenvalue weighted by molar-refractivity contribution is 5.70. The van der Waals surface area contributed by atoms with Gasteiger partial charge in [0.2, 0.25) is 0 Å². The number of carbonyl (C=O) groups excluding carboxylic acids is 1. The highest BCUT2D eigenvalue weighted by Crippen LogP contribution is 2.31. The molecule has 7 heteroatoms. The van der Waals surface area contributed by atoms with Crippen LogP contribution in [0, 0.1) is 11.3 Å². The number of nitrogens with one attached hydrogen (secondary N) is 1. The minimum absolute atomic E-state index is 0.0692. The Labute approximate surface area is 114 Å². The Balaban J connectivity index is 2.72. The Morgan fingerprint density at radius 3 is 2.70 bits per heavy atom. The molecule has 0 atom stereocenters. The number of esters is 1. The van der Waals surface area contributed by atoms with Gasteiger partial charge in [0, 0.05) is 6.54 Å². The van der Waals surface area contributed by atoms with Crippen LogP contribution in [0.15, 0.2) is 18.2 Å². The van der Waals surface area contributed by atoms with Crippen LogP contribution < -0.4 is 5.32 Å². The van der Waals surface area contributed by atoms with Gasteiger partial charge in [0.15, 0.2) is 0 Å². The normalized spacial score (nSPS) is 10.8. The lowest BCUT2D eigenvalue weighted by Crippen LogP contribution is -2.12. The third-order valence-corrected chi connectivity index (χ3v) is 2.42. The maximum atomic E-state index is 12.5. The van der Waals surface area contributed by atoms with Crippen molar-refractivity contribution in [2.24, 2.45) is 0 Å². The lowest BCUT2D eigenvalue weighted by molar-refractivity contribution is -0.142. The standard InChI is InChI=1S/C13H13F3N2O2/c1-2-20-12(19)5-6-18-11-4-3-10(13(14,15)16)7-9(11)8-17/h3-4,7,18H,2,5-6H2,1H3. The van der Waals surface area contributed by atoms with Crippen molar-refractivity contribution < 1.29 is 22.7 Å². The summed E-state index contributed by atoms with van der Waals surface area (Å²) in [7, 11) is 0. The lowest BCUT2D eigenvalue weighted by atomic mass is 10.1. The highest BCUT2D eigenvalue weighted by Gasteiger charge is 2.31. The molecule has 4 nitrogen and oxygen atoms in total. The maximum Gasteiger partial charge on any atom is 0.416 e. The average Bonchev–Trinajstić information content (AvgIpc) is 2.38. The zero-order valence-corrected chi connectivity index (χ0v) is 10.8. The summed E-state index contributed by atoms with van der Waals surface area (Å²) in [5, 5.41) is 11.6. The van der Waals surface area contributed by atoms with Crippen molar-refractivity contribution in [3.63, 3.8) is 0 Å². The molecule has 0 aliphatic rings. The third kappa shape index (κ3) is 4.46. The summed E-state index contributed by atoms with van der Waals surface area (Å²) in [6, 6.07) is 4.52. The van der Waals surface area contributed by atoms with Gasteiger partial charge in [0.1, 0.15) is 6.07 Å². The largest absolute Gasteiger partial charge is 0.466 e. The first-order chi connectivity index (χ1) is 9.38. The second kappa shape index (κ2) is 6.80. The van der Waals surface area contributed by atoms with Crippen LogP contribution in [0.2, 0.25) is 0 Å². The van der Waals surface area contributed by atoms with Crippen molar-refractivity contribution in [3.05, 3.63) is 29.3 Å². The van der Waals surface area contributed by atoms with E-state index in [0.717, 1.165) is 12.1 Å². The molecular weight excluding hydrogens is 273 g/mol. The molecule has 0 amide bonds. The summed E-state index contributed by atoms with van der Waals surface area (Å²) >= 11 is 0. The molecule has 0 aromatic heterocycles. The van der Waals surface area contributed by atoms with Crippen molar-refractivity contribution in [2.45, 2.75) is 19.5 Å². The zero-order valence-electron chi connectivity index (χ0n) is 10.8. The van der Waals surface area contributed by atoms with Gasteiger partial charge in [-0.2, -0.15) is 18.4 Å². The molecule has 20 heavy (non-hydrogen) atoms. The molecule has 0 spiro atoms. The SMILES string of the molecule is CCOC(=O)CCNc1ccc(C(F)(F)F)cc1C#N. The van der Waals surface area contributed by atoms with Crippen molar-refractivity contribution in [3.8, 4) is 6.07 Å². The summed E-state index contributed by atoms with van der Waals surface area (Å²) in [4.78, 5) is 11.1. The first-order valence-electron chi connectivity index (χ1n) is 5.89. The Bertz CT molecular complexity index is 521. The molecule has 0 fully saturated rings. The van der Waals surface area contributed by atoms with E-state index < -0.39 is 17.7 Å². The number of anilines is 1. The molecule has 0 unspecified atom stereocenters. The zero-order chi connectivity index (χ0) is 15.2. The van der Waals surface area contributed by atoms with Crippen LogP contribution in [0.1, 0.15) is 24.5 Å². The molecular formula is C13H13F3N2O2. The molecule has 0 radical (unpaired) electrons.